The van der Waals surface area contributed by atoms with Gasteiger partial charge in [0, 0.05) is 23.6 Å². The van der Waals surface area contributed by atoms with E-state index >= 15 is 0 Å². The van der Waals surface area contributed by atoms with E-state index in [0.29, 0.717) is 17.9 Å². The second-order valence-electron chi connectivity index (χ2n) is 6.73. The first kappa shape index (κ1) is 15.0. The molecule has 0 saturated carbocycles. The molecule has 1 saturated heterocycles. The SMILES string of the molecule is CCC1CCC(C)N1c1cc(NN)nc(C(C)(C)C)n1. The van der Waals surface area contributed by atoms with E-state index in [1.54, 1.807) is 0 Å². The zero-order valence-electron chi connectivity index (χ0n) is 13.3. The Morgan fingerprint density at radius 1 is 1.35 bits per heavy atom. The molecular formula is C15H27N5. The van der Waals surface area contributed by atoms with E-state index in [1.807, 2.05) is 6.07 Å². The van der Waals surface area contributed by atoms with E-state index in [9.17, 15) is 0 Å². The minimum atomic E-state index is -0.0910. The first-order valence-corrected chi connectivity index (χ1v) is 7.51. The van der Waals surface area contributed by atoms with Gasteiger partial charge in [-0.1, -0.05) is 27.7 Å². The van der Waals surface area contributed by atoms with Gasteiger partial charge in [-0.05, 0) is 26.2 Å². The molecule has 2 heterocycles. The number of nitrogens with one attached hydrogen (secondary N) is 1. The molecule has 0 amide bonds. The molecule has 112 valence electrons. The highest BCUT2D eigenvalue weighted by molar-refractivity contribution is 5.51. The van der Waals surface area contributed by atoms with Crippen LogP contribution in [-0.2, 0) is 5.41 Å². The molecule has 3 N–H and O–H groups in total. The average molecular weight is 277 g/mol. The molecule has 0 aromatic carbocycles. The fourth-order valence-corrected chi connectivity index (χ4v) is 2.86. The highest BCUT2D eigenvalue weighted by Crippen LogP contribution is 2.33. The predicted octanol–water partition coefficient (Wildman–Crippen LogP) is 2.83. The van der Waals surface area contributed by atoms with Crippen LogP contribution in [0.4, 0.5) is 11.6 Å². The summed E-state index contributed by atoms with van der Waals surface area (Å²) in [6.45, 7) is 10.9. The molecule has 2 atom stereocenters. The van der Waals surface area contributed by atoms with Crippen molar-refractivity contribution >= 4 is 11.6 Å². The number of aromatic nitrogens is 2. The molecule has 5 heteroatoms. The Morgan fingerprint density at radius 3 is 2.60 bits per heavy atom. The summed E-state index contributed by atoms with van der Waals surface area (Å²) in [5.41, 5.74) is 2.58. The summed E-state index contributed by atoms with van der Waals surface area (Å²) in [6.07, 6.45) is 3.60. The maximum Gasteiger partial charge on any atom is 0.145 e. The summed E-state index contributed by atoms with van der Waals surface area (Å²) in [4.78, 5) is 11.7. The first-order valence-electron chi connectivity index (χ1n) is 7.51. The Hall–Kier alpha value is -1.36. The lowest BCUT2D eigenvalue weighted by Gasteiger charge is -2.30. The third kappa shape index (κ3) is 2.87. The van der Waals surface area contributed by atoms with Gasteiger partial charge in [0.25, 0.3) is 0 Å². The molecule has 1 aromatic rings. The van der Waals surface area contributed by atoms with Gasteiger partial charge in [-0.15, -0.1) is 0 Å². The van der Waals surface area contributed by atoms with Crippen LogP contribution in [0.1, 0.15) is 59.7 Å². The summed E-state index contributed by atoms with van der Waals surface area (Å²) < 4.78 is 0. The van der Waals surface area contributed by atoms with E-state index < -0.39 is 0 Å². The number of hydrogen-bond acceptors (Lipinski definition) is 5. The fourth-order valence-electron chi connectivity index (χ4n) is 2.86. The minimum Gasteiger partial charge on any atom is -0.351 e. The number of hydrogen-bond donors (Lipinski definition) is 2. The lowest BCUT2D eigenvalue weighted by molar-refractivity contribution is 0.540. The zero-order valence-corrected chi connectivity index (χ0v) is 13.3. The van der Waals surface area contributed by atoms with E-state index in [0.717, 1.165) is 18.1 Å². The molecule has 2 rings (SSSR count). The van der Waals surface area contributed by atoms with Crippen LogP contribution in [0, 0.1) is 0 Å². The molecule has 5 nitrogen and oxygen atoms in total. The maximum atomic E-state index is 5.57. The van der Waals surface area contributed by atoms with Gasteiger partial charge in [-0.3, -0.25) is 0 Å². The first-order chi connectivity index (χ1) is 9.36. The molecule has 1 aliphatic rings. The molecule has 20 heavy (non-hydrogen) atoms. The Labute approximate surface area is 121 Å². The molecular weight excluding hydrogens is 250 g/mol. The van der Waals surface area contributed by atoms with Crippen LogP contribution < -0.4 is 16.2 Å². The quantitative estimate of drug-likeness (QED) is 0.657. The largest absolute Gasteiger partial charge is 0.351 e. The van der Waals surface area contributed by atoms with Crippen molar-refractivity contribution in [3.63, 3.8) is 0 Å². The van der Waals surface area contributed by atoms with Gasteiger partial charge in [0.1, 0.15) is 17.5 Å². The molecule has 1 aliphatic heterocycles. The number of nitrogen functional groups attached to an aromatic ring is 1. The van der Waals surface area contributed by atoms with E-state index in [2.05, 4.69) is 49.9 Å². The zero-order chi connectivity index (χ0) is 14.9. The monoisotopic (exact) mass is 277 g/mol. The number of nitrogens with two attached hydrogens (primary N) is 1. The van der Waals surface area contributed by atoms with Crippen LogP contribution >= 0.6 is 0 Å². The van der Waals surface area contributed by atoms with Crippen LogP contribution in [-0.4, -0.2) is 22.1 Å². The molecule has 1 aromatic heterocycles. The number of nitrogens with zero attached hydrogens (tertiary/aromatic N) is 3. The van der Waals surface area contributed by atoms with Crippen molar-refractivity contribution in [1.29, 1.82) is 0 Å². The molecule has 0 aliphatic carbocycles. The van der Waals surface area contributed by atoms with Crippen molar-refractivity contribution < 1.29 is 0 Å². The van der Waals surface area contributed by atoms with Crippen molar-refractivity contribution in [1.82, 2.24) is 9.97 Å². The standard InChI is InChI=1S/C15H27N5/c1-6-11-8-7-10(2)20(11)13-9-12(19-16)17-14(18-13)15(3,4)5/h9-11H,6-8,16H2,1-5H3,(H,17,18,19). The molecule has 0 bridgehead atoms. The number of anilines is 2. The topological polar surface area (TPSA) is 67.1 Å². The van der Waals surface area contributed by atoms with Crippen molar-refractivity contribution in [3.05, 3.63) is 11.9 Å². The van der Waals surface area contributed by atoms with Crippen LogP contribution in [0.3, 0.4) is 0 Å². The normalized spacial score (nSPS) is 23.2. The molecule has 0 radical (unpaired) electrons. The van der Waals surface area contributed by atoms with E-state index in [4.69, 9.17) is 10.8 Å². The number of hydrazine groups is 1. The van der Waals surface area contributed by atoms with Crippen LogP contribution in [0.2, 0.25) is 0 Å². The van der Waals surface area contributed by atoms with Gasteiger partial charge in [-0.2, -0.15) is 0 Å². The van der Waals surface area contributed by atoms with Gasteiger partial charge >= 0.3 is 0 Å². The summed E-state index contributed by atoms with van der Waals surface area (Å²) in [5, 5.41) is 0. The van der Waals surface area contributed by atoms with Crippen LogP contribution in [0.15, 0.2) is 6.07 Å². The van der Waals surface area contributed by atoms with E-state index in [-0.39, 0.29) is 5.41 Å². The van der Waals surface area contributed by atoms with Crippen LogP contribution in [0.25, 0.3) is 0 Å². The van der Waals surface area contributed by atoms with Gasteiger partial charge < -0.3 is 10.3 Å². The Balaban J connectivity index is 2.45. The average Bonchev–Trinajstić information content (AvgIpc) is 2.78. The predicted molar refractivity (Wildman–Crippen MR) is 83.8 cm³/mol. The molecule has 1 fully saturated rings. The lowest BCUT2D eigenvalue weighted by Crippen LogP contribution is -2.35. The van der Waals surface area contributed by atoms with Crippen molar-refractivity contribution in [3.8, 4) is 0 Å². The third-order valence-electron chi connectivity index (χ3n) is 4.05. The van der Waals surface area contributed by atoms with Gasteiger partial charge in [0.15, 0.2) is 0 Å². The lowest BCUT2D eigenvalue weighted by atomic mass is 9.95. The molecule has 0 spiro atoms. The second kappa shape index (κ2) is 5.56. The minimum absolute atomic E-state index is 0.0910. The van der Waals surface area contributed by atoms with Crippen molar-refractivity contribution in [2.75, 3.05) is 10.3 Å². The van der Waals surface area contributed by atoms with Gasteiger partial charge in [-0.25, -0.2) is 15.8 Å². The maximum absolute atomic E-state index is 5.57. The number of rotatable bonds is 3. The second-order valence-corrected chi connectivity index (χ2v) is 6.73. The van der Waals surface area contributed by atoms with Gasteiger partial charge in [0.2, 0.25) is 0 Å². The van der Waals surface area contributed by atoms with Crippen molar-refractivity contribution in [2.45, 2.75) is 71.4 Å². The van der Waals surface area contributed by atoms with Crippen molar-refractivity contribution in [2.24, 2.45) is 5.84 Å². The van der Waals surface area contributed by atoms with Crippen LogP contribution in [0.5, 0.6) is 0 Å². The molecule has 2 unspecified atom stereocenters. The summed E-state index contributed by atoms with van der Waals surface area (Å²) in [5.74, 6) is 8.09. The highest BCUT2D eigenvalue weighted by Gasteiger charge is 2.31. The van der Waals surface area contributed by atoms with E-state index in [1.165, 1.54) is 12.8 Å². The van der Waals surface area contributed by atoms with Gasteiger partial charge in [0.05, 0.1) is 0 Å². The Morgan fingerprint density at radius 2 is 2.05 bits per heavy atom. The fraction of sp³-hybridized carbons (Fsp3) is 0.733. The smallest absolute Gasteiger partial charge is 0.145 e. The summed E-state index contributed by atoms with van der Waals surface area (Å²) >= 11 is 0. The highest BCUT2D eigenvalue weighted by atomic mass is 15.3. The Bertz CT molecular complexity index is 466. The third-order valence-corrected chi connectivity index (χ3v) is 4.05. The summed E-state index contributed by atoms with van der Waals surface area (Å²) in [6, 6.07) is 3.05. The Kier molecular flexibility index (Phi) is 4.18. The summed E-state index contributed by atoms with van der Waals surface area (Å²) in [7, 11) is 0.